The van der Waals surface area contributed by atoms with E-state index in [0.717, 1.165) is 0 Å². The first-order chi connectivity index (χ1) is 10.5. The molecule has 0 spiro atoms. The number of carbonyl (C=O) groups excluding carboxylic acids is 1. The van der Waals surface area contributed by atoms with E-state index in [1.165, 1.54) is 12.1 Å². The predicted molar refractivity (Wildman–Crippen MR) is 84.3 cm³/mol. The molecule has 0 aromatic heterocycles. The van der Waals surface area contributed by atoms with Gasteiger partial charge < -0.3 is 4.74 Å². The zero-order chi connectivity index (χ0) is 16.0. The van der Waals surface area contributed by atoms with Gasteiger partial charge in [-0.1, -0.05) is 43.0 Å². The summed E-state index contributed by atoms with van der Waals surface area (Å²) in [6.45, 7) is 3.59. The molecule has 4 nitrogen and oxygen atoms in total. The fourth-order valence-electron chi connectivity index (χ4n) is 1.94. The number of hydrogen-bond donors (Lipinski definition) is 0. The molecule has 2 aromatic carbocycles. The van der Waals surface area contributed by atoms with Gasteiger partial charge in [0.25, 0.3) is 0 Å². The van der Waals surface area contributed by atoms with Gasteiger partial charge in [-0.15, -0.1) is 0 Å². The first-order valence-corrected chi connectivity index (χ1v) is 8.33. The molecule has 0 amide bonds. The number of carbonyl (C=O) groups is 1. The van der Waals surface area contributed by atoms with Crippen LogP contribution in [-0.4, -0.2) is 21.0 Å². The minimum Gasteiger partial charge on any atom is -0.458 e. The van der Waals surface area contributed by atoms with Crippen molar-refractivity contribution in [3.8, 4) is 0 Å². The molecule has 5 heteroatoms. The lowest BCUT2D eigenvalue weighted by Crippen LogP contribution is -2.08. The van der Waals surface area contributed by atoms with Crippen molar-refractivity contribution < 1.29 is 17.9 Å². The summed E-state index contributed by atoms with van der Waals surface area (Å²) in [6, 6.07) is 14.7. The van der Waals surface area contributed by atoms with Crippen LogP contribution in [0.4, 0.5) is 0 Å². The van der Waals surface area contributed by atoms with Crippen molar-refractivity contribution >= 4 is 15.8 Å². The third kappa shape index (κ3) is 4.05. The van der Waals surface area contributed by atoms with Crippen LogP contribution in [0.15, 0.2) is 72.1 Å². The maximum absolute atomic E-state index is 12.3. The van der Waals surface area contributed by atoms with E-state index in [1.807, 2.05) is 0 Å². The Kier molecular flexibility index (Phi) is 5.12. The van der Waals surface area contributed by atoms with Crippen LogP contribution in [0.5, 0.6) is 0 Å². The van der Waals surface area contributed by atoms with Crippen LogP contribution >= 0.6 is 0 Å². The Balaban J connectivity index is 2.20. The number of benzene rings is 2. The highest BCUT2D eigenvalue weighted by atomic mass is 32.2. The Bertz CT molecular complexity index is 764. The molecule has 0 bridgehead atoms. The molecule has 0 saturated carbocycles. The second-order valence-corrected chi connectivity index (χ2v) is 6.65. The van der Waals surface area contributed by atoms with Crippen LogP contribution in [0.1, 0.15) is 15.9 Å². The van der Waals surface area contributed by atoms with Crippen LogP contribution in [-0.2, 0) is 20.3 Å². The van der Waals surface area contributed by atoms with Gasteiger partial charge in [0.05, 0.1) is 16.2 Å². The van der Waals surface area contributed by atoms with Gasteiger partial charge in [-0.05, 0) is 29.8 Å². The van der Waals surface area contributed by atoms with Crippen molar-refractivity contribution in [2.45, 2.75) is 10.6 Å². The number of esters is 1. The summed E-state index contributed by atoms with van der Waals surface area (Å²) in [7, 11) is -3.44. The molecule has 2 aromatic rings. The summed E-state index contributed by atoms with van der Waals surface area (Å²) in [4.78, 5) is 12.0. The van der Waals surface area contributed by atoms with Crippen molar-refractivity contribution in [3.63, 3.8) is 0 Å². The molecule has 0 aliphatic heterocycles. The average molecular weight is 316 g/mol. The fourth-order valence-corrected chi connectivity index (χ4v) is 3.29. The summed E-state index contributed by atoms with van der Waals surface area (Å²) < 4.78 is 29.6. The summed E-state index contributed by atoms with van der Waals surface area (Å²) in [5, 5.41) is 0. The summed E-state index contributed by atoms with van der Waals surface area (Å²) in [6.07, 6.45) is 1.47. The first kappa shape index (κ1) is 16.0. The molecule has 0 atom stereocenters. The Hall–Kier alpha value is -2.40. The van der Waals surface area contributed by atoms with Crippen LogP contribution in [0, 0.1) is 0 Å². The maximum Gasteiger partial charge on any atom is 0.338 e. The fraction of sp³-hybridized carbons (Fsp3) is 0.118. The Labute approximate surface area is 130 Å². The predicted octanol–water partition coefficient (Wildman–Crippen LogP) is 3.00. The maximum atomic E-state index is 12.3. The second-order valence-electron chi connectivity index (χ2n) is 4.66. The number of hydrogen-bond acceptors (Lipinski definition) is 4. The van der Waals surface area contributed by atoms with E-state index in [9.17, 15) is 13.2 Å². The Morgan fingerprint density at radius 2 is 1.82 bits per heavy atom. The second kappa shape index (κ2) is 7.04. The largest absolute Gasteiger partial charge is 0.458 e. The van der Waals surface area contributed by atoms with E-state index in [0.29, 0.717) is 11.1 Å². The molecule has 114 valence electrons. The molecular formula is C17H16O4S. The minimum atomic E-state index is -3.44. The topological polar surface area (TPSA) is 60.4 Å². The van der Waals surface area contributed by atoms with Crippen molar-refractivity contribution in [1.82, 2.24) is 0 Å². The molecule has 0 N–H and O–H groups in total. The van der Waals surface area contributed by atoms with Gasteiger partial charge >= 0.3 is 5.97 Å². The Morgan fingerprint density at radius 3 is 2.50 bits per heavy atom. The van der Waals surface area contributed by atoms with Gasteiger partial charge in [0.1, 0.15) is 6.61 Å². The van der Waals surface area contributed by atoms with Crippen molar-refractivity contribution in [3.05, 3.63) is 78.4 Å². The highest BCUT2D eigenvalue weighted by molar-refractivity contribution is 7.90. The highest BCUT2D eigenvalue weighted by Gasteiger charge is 2.16. The third-order valence-corrected chi connectivity index (χ3v) is 4.66. The van der Waals surface area contributed by atoms with Gasteiger partial charge in [-0.25, -0.2) is 13.2 Å². The lowest BCUT2D eigenvalue weighted by molar-refractivity contribution is 0.0549. The molecule has 22 heavy (non-hydrogen) atoms. The molecule has 0 radical (unpaired) electrons. The van der Waals surface area contributed by atoms with Gasteiger partial charge in [0, 0.05) is 0 Å². The lowest BCUT2D eigenvalue weighted by Gasteiger charge is -2.07. The summed E-state index contributed by atoms with van der Waals surface area (Å²) in [5.41, 5.74) is 0.861. The number of rotatable bonds is 6. The number of ether oxygens (including phenoxy) is 1. The van der Waals surface area contributed by atoms with Gasteiger partial charge in [-0.3, -0.25) is 0 Å². The normalized spacial score (nSPS) is 10.9. The number of sulfone groups is 1. The van der Waals surface area contributed by atoms with E-state index in [1.54, 1.807) is 48.5 Å². The van der Waals surface area contributed by atoms with Crippen LogP contribution < -0.4 is 0 Å². The van der Waals surface area contributed by atoms with E-state index >= 15 is 0 Å². The molecule has 0 heterocycles. The Morgan fingerprint density at radius 1 is 1.09 bits per heavy atom. The first-order valence-electron chi connectivity index (χ1n) is 6.68. The van der Waals surface area contributed by atoms with E-state index < -0.39 is 15.8 Å². The zero-order valence-corrected chi connectivity index (χ0v) is 12.8. The SMILES string of the molecule is C=CCOC(=O)c1cccc(CS(=O)(=O)c2ccccc2)c1. The molecular weight excluding hydrogens is 300 g/mol. The highest BCUT2D eigenvalue weighted by Crippen LogP contribution is 2.17. The summed E-state index contributed by atoms with van der Waals surface area (Å²) >= 11 is 0. The van der Waals surface area contributed by atoms with Crippen LogP contribution in [0.2, 0.25) is 0 Å². The molecule has 0 aliphatic rings. The average Bonchev–Trinajstić information content (AvgIpc) is 2.53. The van der Waals surface area contributed by atoms with Gasteiger partial charge in [-0.2, -0.15) is 0 Å². The quantitative estimate of drug-likeness (QED) is 0.607. The van der Waals surface area contributed by atoms with Crippen LogP contribution in [0.3, 0.4) is 0 Å². The van der Waals surface area contributed by atoms with Crippen molar-refractivity contribution in [2.24, 2.45) is 0 Å². The monoisotopic (exact) mass is 316 g/mol. The van der Waals surface area contributed by atoms with E-state index in [4.69, 9.17) is 4.74 Å². The summed E-state index contributed by atoms with van der Waals surface area (Å²) in [5.74, 6) is -0.668. The molecule has 0 fully saturated rings. The minimum absolute atomic E-state index is 0.116. The molecule has 0 unspecified atom stereocenters. The lowest BCUT2D eigenvalue weighted by atomic mass is 10.1. The van der Waals surface area contributed by atoms with E-state index in [-0.39, 0.29) is 17.3 Å². The molecule has 0 saturated heterocycles. The van der Waals surface area contributed by atoms with Crippen molar-refractivity contribution in [1.29, 1.82) is 0 Å². The van der Waals surface area contributed by atoms with Gasteiger partial charge in [0.15, 0.2) is 9.84 Å². The standard InChI is InChI=1S/C17H16O4S/c1-2-11-21-17(18)15-8-6-7-14(12-15)13-22(19,20)16-9-4-3-5-10-16/h2-10,12H,1,11,13H2. The van der Waals surface area contributed by atoms with E-state index in [2.05, 4.69) is 6.58 Å². The smallest absolute Gasteiger partial charge is 0.338 e. The molecule has 2 rings (SSSR count). The van der Waals surface area contributed by atoms with Crippen molar-refractivity contribution in [2.75, 3.05) is 6.61 Å². The van der Waals surface area contributed by atoms with Gasteiger partial charge in [0.2, 0.25) is 0 Å². The molecule has 0 aliphatic carbocycles. The third-order valence-electron chi connectivity index (χ3n) is 2.95. The zero-order valence-electron chi connectivity index (χ0n) is 11.9. The van der Waals surface area contributed by atoms with Crippen LogP contribution in [0.25, 0.3) is 0 Å².